The third-order valence-corrected chi connectivity index (χ3v) is 5.13. The van der Waals surface area contributed by atoms with E-state index in [0.717, 1.165) is 6.42 Å². The maximum absolute atomic E-state index is 12.6. The minimum Gasteiger partial charge on any atom is -0.480 e. The van der Waals surface area contributed by atoms with E-state index in [4.69, 9.17) is 5.73 Å². The van der Waals surface area contributed by atoms with Gasteiger partial charge in [0.2, 0.25) is 11.8 Å². The number of nitrogens with one attached hydrogen (secondary N) is 2. The Morgan fingerprint density at radius 3 is 1.60 bits per heavy atom. The highest BCUT2D eigenvalue weighted by Crippen LogP contribution is 2.13. The van der Waals surface area contributed by atoms with Crippen LogP contribution < -0.4 is 16.4 Å². The summed E-state index contributed by atoms with van der Waals surface area (Å²) >= 11 is 0. The molecule has 0 unspecified atom stereocenters. The van der Waals surface area contributed by atoms with Crippen LogP contribution in [-0.4, -0.2) is 41.0 Å². The first-order valence-corrected chi connectivity index (χ1v) is 9.19. The Morgan fingerprint density at radius 2 is 1.20 bits per heavy atom. The Bertz CT molecular complexity index is 456. The molecular weight excluding hydrogens is 322 g/mol. The van der Waals surface area contributed by atoms with Gasteiger partial charge in [-0.25, -0.2) is 4.79 Å². The second-order valence-electron chi connectivity index (χ2n) is 6.99. The summed E-state index contributed by atoms with van der Waals surface area (Å²) in [6, 6.07) is -2.49. The molecule has 146 valence electrons. The molecule has 0 rings (SSSR count). The summed E-state index contributed by atoms with van der Waals surface area (Å²) in [4.78, 5) is 36.4. The van der Waals surface area contributed by atoms with E-state index in [-0.39, 0.29) is 23.7 Å². The molecule has 2 amide bonds. The molecule has 7 nitrogen and oxygen atoms in total. The van der Waals surface area contributed by atoms with E-state index >= 15 is 0 Å². The molecular formula is C18H35N3O4. The number of carboxylic acid groups (broad SMARTS) is 1. The van der Waals surface area contributed by atoms with Crippen molar-refractivity contribution in [3.05, 3.63) is 0 Å². The standard InChI is InChI=1S/C18H35N3O4/c1-7-10(4)13(19)16(22)20-14(11(5)8-2)17(23)21-15(18(24)25)12(6)9-3/h10-15H,7-9,19H2,1-6H3,(H,20,22)(H,21,23)(H,24,25)/t10-,11-,12-,13-,14-,15-/m0/s1. The number of hydrogen-bond acceptors (Lipinski definition) is 4. The van der Waals surface area contributed by atoms with Gasteiger partial charge in [-0.15, -0.1) is 0 Å². The topological polar surface area (TPSA) is 122 Å². The van der Waals surface area contributed by atoms with Crippen molar-refractivity contribution >= 4 is 17.8 Å². The average Bonchev–Trinajstić information content (AvgIpc) is 2.60. The predicted molar refractivity (Wildman–Crippen MR) is 97.8 cm³/mol. The molecule has 0 heterocycles. The van der Waals surface area contributed by atoms with Gasteiger partial charge in [0.05, 0.1) is 6.04 Å². The van der Waals surface area contributed by atoms with Crippen molar-refractivity contribution in [3.63, 3.8) is 0 Å². The van der Waals surface area contributed by atoms with Gasteiger partial charge in [0.15, 0.2) is 0 Å². The Kier molecular flexibility index (Phi) is 10.4. The fourth-order valence-corrected chi connectivity index (χ4v) is 2.39. The summed E-state index contributed by atoms with van der Waals surface area (Å²) in [5, 5.41) is 14.6. The average molecular weight is 357 g/mol. The molecule has 0 fully saturated rings. The van der Waals surface area contributed by atoms with Crippen LogP contribution in [0.5, 0.6) is 0 Å². The first kappa shape index (κ1) is 23.4. The smallest absolute Gasteiger partial charge is 0.326 e. The van der Waals surface area contributed by atoms with Crippen LogP contribution in [-0.2, 0) is 14.4 Å². The summed E-state index contributed by atoms with van der Waals surface area (Å²) in [7, 11) is 0. The van der Waals surface area contributed by atoms with Crippen LogP contribution in [0.3, 0.4) is 0 Å². The van der Waals surface area contributed by atoms with Gasteiger partial charge in [0, 0.05) is 0 Å². The van der Waals surface area contributed by atoms with E-state index in [9.17, 15) is 19.5 Å². The Labute approximate surface area is 151 Å². The van der Waals surface area contributed by atoms with Gasteiger partial charge in [-0.2, -0.15) is 0 Å². The highest BCUT2D eigenvalue weighted by molar-refractivity contribution is 5.92. The summed E-state index contributed by atoms with van der Waals surface area (Å²) < 4.78 is 0. The fraction of sp³-hybridized carbons (Fsp3) is 0.833. The molecule has 0 aromatic rings. The minimum atomic E-state index is -1.08. The highest BCUT2D eigenvalue weighted by Gasteiger charge is 2.33. The van der Waals surface area contributed by atoms with Crippen LogP contribution in [0.4, 0.5) is 0 Å². The largest absolute Gasteiger partial charge is 0.480 e. The minimum absolute atomic E-state index is 0.00692. The molecule has 5 N–H and O–H groups in total. The van der Waals surface area contributed by atoms with Crippen LogP contribution >= 0.6 is 0 Å². The number of nitrogens with two attached hydrogens (primary N) is 1. The van der Waals surface area contributed by atoms with E-state index in [1.807, 2.05) is 34.6 Å². The van der Waals surface area contributed by atoms with Crippen LogP contribution in [0, 0.1) is 17.8 Å². The molecule has 0 aromatic carbocycles. The molecule has 7 heteroatoms. The summed E-state index contributed by atoms with van der Waals surface area (Å²) in [6.07, 6.45) is 2.04. The van der Waals surface area contributed by atoms with Crippen LogP contribution in [0.1, 0.15) is 60.8 Å². The number of carbonyl (C=O) groups is 3. The normalized spacial score (nSPS) is 18.4. The predicted octanol–water partition coefficient (Wildman–Crippen LogP) is 1.51. The fourth-order valence-electron chi connectivity index (χ4n) is 2.39. The SMILES string of the molecule is CC[C@H](C)[C@H](N)C(=O)N[C@H](C(=O)N[C@H](C(=O)O)[C@@H](C)CC)[C@@H](C)CC. The Balaban J connectivity index is 5.23. The van der Waals surface area contributed by atoms with Gasteiger partial charge in [-0.05, 0) is 17.8 Å². The molecule has 0 aliphatic rings. The molecule has 0 bridgehead atoms. The van der Waals surface area contributed by atoms with Crippen molar-refractivity contribution in [2.75, 3.05) is 0 Å². The summed E-state index contributed by atoms with van der Waals surface area (Å²) in [5.74, 6) is -2.30. The maximum atomic E-state index is 12.6. The zero-order valence-corrected chi connectivity index (χ0v) is 16.3. The highest BCUT2D eigenvalue weighted by atomic mass is 16.4. The lowest BCUT2D eigenvalue weighted by Crippen LogP contribution is -2.58. The van der Waals surface area contributed by atoms with Gasteiger partial charge in [-0.1, -0.05) is 60.8 Å². The van der Waals surface area contributed by atoms with Crippen LogP contribution in [0.2, 0.25) is 0 Å². The quantitative estimate of drug-likeness (QED) is 0.446. The van der Waals surface area contributed by atoms with Gasteiger partial charge >= 0.3 is 5.97 Å². The first-order valence-electron chi connectivity index (χ1n) is 9.19. The van der Waals surface area contributed by atoms with Crippen LogP contribution in [0.25, 0.3) is 0 Å². The second-order valence-corrected chi connectivity index (χ2v) is 6.99. The van der Waals surface area contributed by atoms with Gasteiger partial charge < -0.3 is 21.5 Å². The van der Waals surface area contributed by atoms with Gasteiger partial charge in [-0.3, -0.25) is 9.59 Å². The lowest BCUT2D eigenvalue weighted by atomic mass is 9.94. The molecule has 0 aromatic heterocycles. The Hall–Kier alpha value is -1.63. The van der Waals surface area contributed by atoms with Crippen molar-refractivity contribution in [2.45, 2.75) is 78.9 Å². The van der Waals surface area contributed by atoms with Crippen molar-refractivity contribution in [2.24, 2.45) is 23.5 Å². The number of aliphatic carboxylic acids is 1. The summed E-state index contributed by atoms with van der Waals surface area (Å²) in [5.41, 5.74) is 5.94. The Morgan fingerprint density at radius 1 is 0.800 bits per heavy atom. The number of carboxylic acids is 1. The molecule has 25 heavy (non-hydrogen) atoms. The molecule has 0 spiro atoms. The lowest BCUT2D eigenvalue weighted by Gasteiger charge is -2.29. The van der Waals surface area contributed by atoms with Gasteiger partial charge in [0.1, 0.15) is 12.1 Å². The molecule has 0 radical (unpaired) electrons. The molecule has 0 saturated heterocycles. The third-order valence-electron chi connectivity index (χ3n) is 5.13. The zero-order valence-electron chi connectivity index (χ0n) is 16.3. The number of hydrogen-bond donors (Lipinski definition) is 4. The second kappa shape index (κ2) is 11.1. The van der Waals surface area contributed by atoms with Crippen LogP contribution in [0.15, 0.2) is 0 Å². The van der Waals surface area contributed by atoms with Gasteiger partial charge in [0.25, 0.3) is 0 Å². The van der Waals surface area contributed by atoms with Crippen molar-refractivity contribution in [3.8, 4) is 0 Å². The number of carbonyl (C=O) groups excluding carboxylic acids is 2. The summed E-state index contributed by atoms with van der Waals surface area (Å²) in [6.45, 7) is 11.2. The molecule has 0 aliphatic heterocycles. The van der Waals surface area contributed by atoms with E-state index in [0.29, 0.717) is 12.8 Å². The molecule has 0 aliphatic carbocycles. The third kappa shape index (κ3) is 7.02. The number of rotatable bonds is 11. The lowest BCUT2D eigenvalue weighted by molar-refractivity contribution is -0.144. The molecule has 0 saturated carbocycles. The maximum Gasteiger partial charge on any atom is 0.326 e. The zero-order chi connectivity index (χ0) is 19.7. The molecule has 6 atom stereocenters. The monoisotopic (exact) mass is 357 g/mol. The van der Waals surface area contributed by atoms with E-state index in [2.05, 4.69) is 10.6 Å². The van der Waals surface area contributed by atoms with E-state index < -0.39 is 30.0 Å². The van der Waals surface area contributed by atoms with E-state index in [1.165, 1.54) is 0 Å². The first-order chi connectivity index (χ1) is 11.6. The number of amides is 2. The van der Waals surface area contributed by atoms with Crippen molar-refractivity contribution in [1.29, 1.82) is 0 Å². The van der Waals surface area contributed by atoms with Crippen molar-refractivity contribution < 1.29 is 19.5 Å². The van der Waals surface area contributed by atoms with Crippen molar-refractivity contribution in [1.82, 2.24) is 10.6 Å². The van der Waals surface area contributed by atoms with E-state index in [1.54, 1.807) is 6.92 Å².